The van der Waals surface area contributed by atoms with E-state index in [0.717, 1.165) is 0 Å². The first-order chi connectivity index (χ1) is 8.02. The van der Waals surface area contributed by atoms with Crippen LogP contribution in [0.3, 0.4) is 0 Å². The van der Waals surface area contributed by atoms with Gasteiger partial charge in [0, 0.05) is 6.54 Å². The Morgan fingerprint density at radius 1 is 1.71 bits per heavy atom. The summed E-state index contributed by atoms with van der Waals surface area (Å²) in [5, 5.41) is 11.7. The molecule has 0 saturated carbocycles. The number of hydrogen-bond donors (Lipinski definition) is 2. The Labute approximate surface area is 104 Å². The minimum Gasteiger partial charge on any atom is -0.480 e. The van der Waals surface area contributed by atoms with E-state index in [1.54, 1.807) is 0 Å². The normalized spacial score (nSPS) is 10.1. The smallest absolute Gasteiger partial charge is 0.373 e. The second-order valence-corrected chi connectivity index (χ2v) is 3.78. The van der Waals surface area contributed by atoms with Gasteiger partial charge in [0.2, 0.25) is 5.88 Å². The number of aromatic nitrogens is 2. The number of rotatable bonds is 6. The largest absolute Gasteiger partial charge is 0.480 e. The molecule has 0 spiro atoms. The van der Waals surface area contributed by atoms with Gasteiger partial charge in [-0.25, -0.2) is 9.97 Å². The highest BCUT2D eigenvalue weighted by atomic mass is 35.5. The summed E-state index contributed by atoms with van der Waals surface area (Å²) in [6.07, 6.45) is 1.42. The van der Waals surface area contributed by atoms with Gasteiger partial charge in [0.15, 0.2) is 10.9 Å². The van der Waals surface area contributed by atoms with Crippen molar-refractivity contribution in [3.63, 3.8) is 0 Å². The highest BCUT2D eigenvalue weighted by Crippen LogP contribution is 2.14. The van der Waals surface area contributed by atoms with Gasteiger partial charge in [-0.15, -0.1) is 0 Å². The third-order valence-corrected chi connectivity index (χ3v) is 2.26. The van der Waals surface area contributed by atoms with Crippen molar-refractivity contribution in [2.24, 2.45) is 0 Å². The summed E-state index contributed by atoms with van der Waals surface area (Å²) in [7, 11) is 0.726. The minimum absolute atomic E-state index is 0.0444. The molecule has 0 unspecified atom stereocenters. The molecule has 2 N–H and O–H groups in total. The van der Waals surface area contributed by atoms with Crippen LogP contribution in [0.1, 0.15) is 5.69 Å². The molecule has 0 aromatic carbocycles. The molecule has 0 bridgehead atoms. The van der Waals surface area contributed by atoms with E-state index in [1.165, 1.54) is 20.1 Å². The average Bonchev–Trinajstić information content (AvgIpc) is 2.29. The molecule has 0 amide bonds. The number of Topliss-reactive ketones (excluding diaryl/α,β-unsaturated/α-hetero) is 1. The fourth-order valence-electron chi connectivity index (χ4n) is 1.12. The van der Waals surface area contributed by atoms with Crippen molar-refractivity contribution in [3.05, 3.63) is 17.0 Å². The van der Waals surface area contributed by atoms with Crippen molar-refractivity contribution in [1.29, 1.82) is 0 Å². The molecular formula is C9H13BClN3O3. The van der Waals surface area contributed by atoms with E-state index in [2.05, 4.69) is 15.2 Å². The summed E-state index contributed by atoms with van der Waals surface area (Å²) in [5.74, 6) is 0.163. The van der Waals surface area contributed by atoms with Gasteiger partial charge >= 0.3 is 7.05 Å². The maximum Gasteiger partial charge on any atom is 0.373 e. The highest BCUT2D eigenvalue weighted by molar-refractivity contribution is 6.45. The summed E-state index contributed by atoms with van der Waals surface area (Å²) in [4.78, 5) is 19.4. The zero-order chi connectivity index (χ0) is 12.8. The van der Waals surface area contributed by atoms with Crippen LogP contribution in [-0.2, 0) is 11.2 Å². The number of nitrogens with one attached hydrogen (secondary N) is 1. The van der Waals surface area contributed by atoms with Crippen molar-refractivity contribution in [1.82, 2.24) is 15.2 Å². The van der Waals surface area contributed by atoms with E-state index in [4.69, 9.17) is 21.4 Å². The fraction of sp³-hybridized carbons (Fsp3) is 0.444. The number of ketones is 1. The third kappa shape index (κ3) is 4.68. The molecule has 0 atom stereocenters. The molecule has 1 heterocycles. The number of halogens is 1. The number of carbonyl (C=O) groups excluding carboxylic acids is 1. The minimum atomic E-state index is -0.731. The lowest BCUT2D eigenvalue weighted by molar-refractivity contribution is -0.117. The molecule has 0 fully saturated rings. The quantitative estimate of drug-likeness (QED) is 0.695. The van der Waals surface area contributed by atoms with Crippen LogP contribution in [0.5, 0.6) is 5.88 Å². The number of carbonyl (C=O) groups is 1. The molecular weight excluding hydrogens is 244 g/mol. The Kier molecular flexibility index (Phi) is 5.34. The molecule has 1 aromatic rings. The Balaban J connectivity index is 2.64. The Morgan fingerprint density at radius 2 is 2.41 bits per heavy atom. The monoisotopic (exact) mass is 257 g/mol. The van der Waals surface area contributed by atoms with Crippen molar-refractivity contribution < 1.29 is 14.6 Å². The van der Waals surface area contributed by atoms with Crippen LogP contribution in [0.4, 0.5) is 0 Å². The van der Waals surface area contributed by atoms with Gasteiger partial charge in [0.1, 0.15) is 0 Å². The molecule has 6 nitrogen and oxygen atoms in total. The van der Waals surface area contributed by atoms with Gasteiger partial charge in [-0.2, -0.15) is 0 Å². The van der Waals surface area contributed by atoms with Gasteiger partial charge in [-0.05, 0) is 6.82 Å². The maximum atomic E-state index is 11.5. The highest BCUT2D eigenvalue weighted by Gasteiger charge is 2.12. The van der Waals surface area contributed by atoms with E-state index in [0.29, 0.717) is 11.6 Å². The van der Waals surface area contributed by atoms with Gasteiger partial charge in [0.05, 0.1) is 25.4 Å². The standard InChI is InChI=1S/C9H13BClN3O3/c1-10(16)13-4-6(15)3-7-9(11)12-5-8(14-7)17-2/h5,13,16H,3-4H2,1-2H3. The molecule has 0 aliphatic carbocycles. The number of ether oxygens (including phenoxy) is 1. The lowest BCUT2D eigenvalue weighted by atomic mass is 9.89. The first kappa shape index (κ1) is 13.9. The fourth-order valence-corrected chi connectivity index (χ4v) is 1.27. The first-order valence-corrected chi connectivity index (χ1v) is 5.39. The number of nitrogens with zero attached hydrogens (tertiary/aromatic N) is 2. The molecule has 92 valence electrons. The molecule has 0 aliphatic heterocycles. The summed E-state index contributed by atoms with van der Waals surface area (Å²) < 4.78 is 4.89. The summed E-state index contributed by atoms with van der Waals surface area (Å²) in [6, 6.07) is 0. The van der Waals surface area contributed by atoms with Crippen LogP contribution < -0.4 is 9.96 Å². The van der Waals surface area contributed by atoms with Crippen LogP contribution in [0.25, 0.3) is 0 Å². The second kappa shape index (κ2) is 6.53. The lowest BCUT2D eigenvalue weighted by Gasteiger charge is -2.06. The second-order valence-electron chi connectivity index (χ2n) is 3.42. The van der Waals surface area contributed by atoms with E-state index < -0.39 is 7.05 Å². The van der Waals surface area contributed by atoms with E-state index >= 15 is 0 Å². The number of methoxy groups -OCH3 is 1. The predicted octanol–water partition coefficient (Wildman–Crippen LogP) is -0.0499. The van der Waals surface area contributed by atoms with Crippen molar-refractivity contribution in [2.45, 2.75) is 13.2 Å². The summed E-state index contributed by atoms with van der Waals surface area (Å²) >= 11 is 5.81. The van der Waals surface area contributed by atoms with E-state index in [9.17, 15) is 4.79 Å². The van der Waals surface area contributed by atoms with Crippen LogP contribution >= 0.6 is 11.6 Å². The van der Waals surface area contributed by atoms with Crippen molar-refractivity contribution in [3.8, 4) is 5.88 Å². The Bertz CT molecular complexity index is 403. The summed E-state index contributed by atoms with van der Waals surface area (Å²) in [5.41, 5.74) is 0.364. The van der Waals surface area contributed by atoms with E-state index in [-0.39, 0.29) is 23.9 Å². The van der Waals surface area contributed by atoms with Crippen molar-refractivity contribution in [2.75, 3.05) is 13.7 Å². The van der Waals surface area contributed by atoms with Crippen LogP contribution in [0.2, 0.25) is 12.0 Å². The molecule has 0 saturated heterocycles. The SMILES string of the molecule is COc1cnc(Cl)c(CC(=O)CNB(C)O)n1. The molecule has 8 heteroatoms. The van der Waals surface area contributed by atoms with Gasteiger partial charge in [-0.3, -0.25) is 4.79 Å². The summed E-state index contributed by atoms with van der Waals surface area (Å²) in [6.45, 7) is 1.58. The van der Waals surface area contributed by atoms with Gasteiger partial charge in [0.25, 0.3) is 0 Å². The topological polar surface area (TPSA) is 84.3 Å². The lowest BCUT2D eigenvalue weighted by Crippen LogP contribution is -2.35. The average molecular weight is 257 g/mol. The van der Waals surface area contributed by atoms with Crippen LogP contribution in [-0.4, -0.2) is 41.5 Å². The van der Waals surface area contributed by atoms with Crippen molar-refractivity contribution >= 4 is 24.4 Å². The molecule has 17 heavy (non-hydrogen) atoms. The van der Waals surface area contributed by atoms with Crippen LogP contribution in [0.15, 0.2) is 6.20 Å². The Morgan fingerprint density at radius 3 is 3.00 bits per heavy atom. The number of hydrogen-bond acceptors (Lipinski definition) is 6. The van der Waals surface area contributed by atoms with Gasteiger partial charge in [-0.1, -0.05) is 11.6 Å². The Hall–Kier alpha value is -1.18. The van der Waals surface area contributed by atoms with Crippen LogP contribution in [0, 0.1) is 0 Å². The van der Waals surface area contributed by atoms with E-state index in [1.807, 2.05) is 0 Å². The zero-order valence-corrected chi connectivity index (χ0v) is 10.4. The molecule has 1 aromatic heterocycles. The zero-order valence-electron chi connectivity index (χ0n) is 9.61. The molecule has 0 radical (unpaired) electrons. The maximum absolute atomic E-state index is 11.5. The third-order valence-electron chi connectivity index (χ3n) is 1.94. The molecule has 0 aliphatic rings. The first-order valence-electron chi connectivity index (χ1n) is 5.01. The molecule has 1 rings (SSSR count). The van der Waals surface area contributed by atoms with Gasteiger partial charge < -0.3 is 15.0 Å². The predicted molar refractivity (Wildman–Crippen MR) is 64.1 cm³/mol.